The molecule has 1 aliphatic rings. The summed E-state index contributed by atoms with van der Waals surface area (Å²) in [5.41, 5.74) is 1.27. The first kappa shape index (κ1) is 15.6. The second-order valence-electron chi connectivity index (χ2n) is 3.57. The molecule has 0 bridgehead atoms. The van der Waals surface area contributed by atoms with E-state index in [1.54, 1.807) is 0 Å². The van der Waals surface area contributed by atoms with E-state index in [9.17, 15) is 28.8 Å². The van der Waals surface area contributed by atoms with Crippen molar-refractivity contribution in [2.24, 2.45) is 0 Å². The first-order chi connectivity index (χ1) is 8.10. The molecule has 0 saturated carbocycles. The van der Waals surface area contributed by atoms with Crippen molar-refractivity contribution >= 4 is 10.4 Å². The summed E-state index contributed by atoms with van der Waals surface area (Å²) in [7, 11) is -5.01. The summed E-state index contributed by atoms with van der Waals surface area (Å²) >= 11 is 0. The molecule has 0 aliphatic carbocycles. The number of rotatable bonds is 4. The fourth-order valence-corrected chi connectivity index (χ4v) is 1.58. The Morgan fingerprint density at radius 1 is 1.28 bits per heavy atom. The SMILES string of the molecule is O=S(=O)(O)ONC1(O)O[C@H](CO)[C@@H](O)[C@H](O)[C@H]1O. The number of aliphatic hydroxyl groups excluding tert-OH is 4. The van der Waals surface area contributed by atoms with Crippen LogP contribution in [0.3, 0.4) is 0 Å². The van der Waals surface area contributed by atoms with Crippen molar-refractivity contribution in [1.82, 2.24) is 5.48 Å². The monoisotopic (exact) mass is 291 g/mol. The van der Waals surface area contributed by atoms with Gasteiger partial charge in [0, 0.05) is 0 Å². The van der Waals surface area contributed by atoms with Gasteiger partial charge in [-0.2, -0.15) is 12.7 Å². The van der Waals surface area contributed by atoms with Gasteiger partial charge in [-0.15, -0.1) is 5.48 Å². The van der Waals surface area contributed by atoms with E-state index < -0.39 is 47.3 Å². The van der Waals surface area contributed by atoms with Gasteiger partial charge in [0.2, 0.25) is 0 Å². The summed E-state index contributed by atoms with van der Waals surface area (Å²) in [6.07, 6.45) is -7.42. The highest BCUT2D eigenvalue weighted by Crippen LogP contribution is 2.26. The summed E-state index contributed by atoms with van der Waals surface area (Å²) in [5.74, 6) is -2.96. The second kappa shape index (κ2) is 5.30. The predicted molar refractivity (Wildman–Crippen MR) is 50.7 cm³/mol. The average Bonchev–Trinajstić information content (AvgIpc) is 2.28. The Hall–Kier alpha value is -0.410. The van der Waals surface area contributed by atoms with E-state index >= 15 is 0 Å². The molecule has 1 fully saturated rings. The van der Waals surface area contributed by atoms with E-state index in [-0.39, 0.29) is 0 Å². The van der Waals surface area contributed by atoms with Crippen LogP contribution in [0, 0.1) is 0 Å². The van der Waals surface area contributed by atoms with E-state index in [1.807, 2.05) is 0 Å². The molecule has 5 atom stereocenters. The van der Waals surface area contributed by atoms with Crippen LogP contribution in [0.2, 0.25) is 0 Å². The zero-order chi connectivity index (χ0) is 14.1. The maximum absolute atomic E-state index is 10.3. The lowest BCUT2D eigenvalue weighted by Gasteiger charge is -2.44. The van der Waals surface area contributed by atoms with Gasteiger partial charge in [-0.05, 0) is 0 Å². The lowest BCUT2D eigenvalue weighted by molar-refractivity contribution is -0.381. The molecule has 1 saturated heterocycles. The minimum Gasteiger partial charge on any atom is -0.394 e. The number of aliphatic hydroxyl groups is 5. The molecule has 18 heavy (non-hydrogen) atoms. The molecule has 11 nitrogen and oxygen atoms in total. The highest BCUT2D eigenvalue weighted by Gasteiger charge is 2.53. The largest absolute Gasteiger partial charge is 0.413 e. The molecule has 0 amide bonds. The fourth-order valence-electron chi connectivity index (χ4n) is 1.35. The number of ether oxygens (including phenoxy) is 1. The third kappa shape index (κ3) is 3.33. The van der Waals surface area contributed by atoms with E-state index in [4.69, 9.17) is 9.66 Å². The Morgan fingerprint density at radius 2 is 1.83 bits per heavy atom. The molecule has 1 unspecified atom stereocenters. The van der Waals surface area contributed by atoms with Crippen LogP contribution in [0.1, 0.15) is 0 Å². The topological polar surface area (TPSA) is 186 Å². The average molecular weight is 291 g/mol. The molecule has 108 valence electrons. The maximum atomic E-state index is 10.3. The van der Waals surface area contributed by atoms with Crippen LogP contribution in [-0.2, 0) is 19.4 Å². The molecule has 1 aliphatic heterocycles. The van der Waals surface area contributed by atoms with Crippen molar-refractivity contribution < 1.29 is 47.5 Å². The molecule has 0 aromatic heterocycles. The third-order valence-electron chi connectivity index (χ3n) is 2.26. The van der Waals surface area contributed by atoms with E-state index in [0.717, 1.165) is 0 Å². The minimum absolute atomic E-state index is 0.846. The number of hydrogen-bond donors (Lipinski definition) is 7. The van der Waals surface area contributed by atoms with Gasteiger partial charge in [0.25, 0.3) is 5.91 Å². The number of hydroxylamine groups is 1. The Balaban J connectivity index is 2.85. The van der Waals surface area contributed by atoms with Crippen molar-refractivity contribution in [3.63, 3.8) is 0 Å². The molecule has 0 spiro atoms. The van der Waals surface area contributed by atoms with E-state index in [0.29, 0.717) is 0 Å². The molecular weight excluding hydrogens is 278 g/mol. The van der Waals surface area contributed by atoms with Gasteiger partial charge in [-0.1, -0.05) is 0 Å². The van der Waals surface area contributed by atoms with Crippen molar-refractivity contribution in [2.75, 3.05) is 6.61 Å². The first-order valence-corrected chi connectivity index (χ1v) is 5.95. The quantitative estimate of drug-likeness (QED) is 0.150. The first-order valence-electron chi connectivity index (χ1n) is 4.59. The molecule has 0 aromatic carbocycles. The number of nitrogens with one attached hydrogen (secondary N) is 1. The molecule has 7 N–H and O–H groups in total. The predicted octanol–water partition coefficient (Wildman–Crippen LogP) is -4.57. The Morgan fingerprint density at radius 3 is 2.28 bits per heavy atom. The third-order valence-corrected chi connectivity index (χ3v) is 2.55. The van der Waals surface area contributed by atoms with Gasteiger partial charge in [0.1, 0.15) is 18.3 Å². The van der Waals surface area contributed by atoms with Crippen molar-refractivity contribution in [2.45, 2.75) is 30.3 Å². The van der Waals surface area contributed by atoms with Crippen molar-refractivity contribution in [1.29, 1.82) is 0 Å². The van der Waals surface area contributed by atoms with Gasteiger partial charge in [-0.25, -0.2) is 0 Å². The lowest BCUT2D eigenvalue weighted by Crippen LogP contribution is -2.70. The van der Waals surface area contributed by atoms with Crippen LogP contribution in [-0.4, -0.2) is 75.4 Å². The second-order valence-corrected chi connectivity index (χ2v) is 4.60. The Kier molecular flexibility index (Phi) is 4.60. The van der Waals surface area contributed by atoms with Crippen molar-refractivity contribution in [3.8, 4) is 0 Å². The highest BCUT2D eigenvalue weighted by atomic mass is 32.3. The van der Waals surface area contributed by atoms with Crippen LogP contribution < -0.4 is 5.48 Å². The molecule has 1 heterocycles. The maximum Gasteiger partial charge on any atom is 0.413 e. The summed E-state index contributed by atoms with van der Waals surface area (Å²) in [5, 5.41) is 46.5. The minimum atomic E-state index is -5.01. The zero-order valence-corrected chi connectivity index (χ0v) is 9.56. The molecule has 0 aromatic rings. The standard InChI is InChI=1S/C6H13NO10S/c8-1-2-3(9)4(10)5(11)6(12,16-2)7-17-18(13,14)15/h2-5,7-12H,1H2,(H,13,14,15)/t2-,3-,4+,5-,6?/m1/s1. The van der Waals surface area contributed by atoms with Gasteiger partial charge in [0.05, 0.1) is 6.61 Å². The van der Waals surface area contributed by atoms with Crippen LogP contribution in [0.25, 0.3) is 0 Å². The summed E-state index contributed by atoms with van der Waals surface area (Å²) < 4.78 is 37.0. The lowest BCUT2D eigenvalue weighted by atomic mass is 9.97. The van der Waals surface area contributed by atoms with Gasteiger partial charge < -0.3 is 30.3 Å². The summed E-state index contributed by atoms with van der Waals surface area (Å²) in [6.45, 7) is -0.846. The van der Waals surface area contributed by atoms with E-state index in [2.05, 4.69) is 9.02 Å². The molecule has 12 heteroatoms. The smallest absolute Gasteiger partial charge is 0.394 e. The zero-order valence-electron chi connectivity index (χ0n) is 8.74. The molecule has 0 radical (unpaired) electrons. The van der Waals surface area contributed by atoms with Crippen LogP contribution in [0.15, 0.2) is 0 Å². The molecule has 1 rings (SSSR count). The Labute approximate surface area is 101 Å². The van der Waals surface area contributed by atoms with E-state index in [1.165, 1.54) is 5.48 Å². The van der Waals surface area contributed by atoms with Gasteiger partial charge >= 0.3 is 10.4 Å². The fraction of sp³-hybridized carbons (Fsp3) is 1.00. The highest BCUT2D eigenvalue weighted by molar-refractivity contribution is 7.80. The van der Waals surface area contributed by atoms with Crippen molar-refractivity contribution in [3.05, 3.63) is 0 Å². The van der Waals surface area contributed by atoms with Crippen LogP contribution in [0.4, 0.5) is 0 Å². The van der Waals surface area contributed by atoms with Crippen LogP contribution >= 0.6 is 0 Å². The Bertz CT molecular complexity index is 384. The van der Waals surface area contributed by atoms with Crippen LogP contribution in [0.5, 0.6) is 0 Å². The number of hydrogen-bond acceptors (Lipinski definition) is 10. The summed E-state index contributed by atoms with van der Waals surface area (Å²) in [6, 6.07) is 0. The molecular formula is C6H13NO10S. The van der Waals surface area contributed by atoms with Gasteiger partial charge in [0.15, 0.2) is 6.10 Å². The normalized spacial score (nSPS) is 41.9. The summed E-state index contributed by atoms with van der Waals surface area (Å²) in [4.78, 5) is 0. The van der Waals surface area contributed by atoms with Gasteiger partial charge in [-0.3, -0.25) is 4.55 Å².